The summed E-state index contributed by atoms with van der Waals surface area (Å²) in [5, 5.41) is 4.21. The van der Waals surface area contributed by atoms with Crippen LogP contribution < -0.4 is 0 Å². The van der Waals surface area contributed by atoms with Crippen molar-refractivity contribution < 1.29 is 4.79 Å². The summed E-state index contributed by atoms with van der Waals surface area (Å²) in [7, 11) is 0. The monoisotopic (exact) mass is 242 g/mol. The van der Waals surface area contributed by atoms with Crippen molar-refractivity contribution in [2.24, 2.45) is 0 Å². The summed E-state index contributed by atoms with van der Waals surface area (Å²) in [6.07, 6.45) is 0. The maximum atomic E-state index is 12.3. The van der Waals surface area contributed by atoms with Crippen molar-refractivity contribution >= 4 is 5.91 Å². The highest BCUT2D eigenvalue weighted by molar-refractivity contribution is 5.95. The van der Waals surface area contributed by atoms with Crippen LogP contribution in [-0.4, -0.2) is 15.7 Å². The first-order chi connectivity index (χ1) is 8.49. The molecule has 0 aliphatic heterocycles. The van der Waals surface area contributed by atoms with Crippen molar-refractivity contribution in [3.05, 3.63) is 52.8 Å². The molecule has 1 heterocycles. The van der Waals surface area contributed by atoms with Crippen LogP contribution in [0.3, 0.4) is 0 Å². The quantitative estimate of drug-likeness (QED) is 0.809. The second kappa shape index (κ2) is 4.77. The number of hydrogen-bond acceptors (Lipinski definition) is 2. The van der Waals surface area contributed by atoms with E-state index in [0.717, 1.165) is 11.4 Å². The molecule has 0 spiro atoms. The fourth-order valence-corrected chi connectivity index (χ4v) is 1.97. The van der Waals surface area contributed by atoms with Gasteiger partial charge in [-0.2, -0.15) is 5.10 Å². The summed E-state index contributed by atoms with van der Waals surface area (Å²) in [6.45, 7) is 8.05. The lowest BCUT2D eigenvalue weighted by molar-refractivity contribution is 0.0942. The predicted molar refractivity (Wildman–Crippen MR) is 72.0 cm³/mol. The molecule has 0 unspecified atom stereocenters. The first-order valence-electron chi connectivity index (χ1n) is 6.17. The van der Waals surface area contributed by atoms with E-state index < -0.39 is 0 Å². The third-order valence-corrected chi connectivity index (χ3v) is 3.03. The highest BCUT2D eigenvalue weighted by Gasteiger charge is 2.12. The lowest BCUT2D eigenvalue weighted by atomic mass is 10.0. The molecule has 2 rings (SSSR count). The zero-order valence-electron chi connectivity index (χ0n) is 11.3. The summed E-state index contributed by atoms with van der Waals surface area (Å²) in [5.41, 5.74) is 3.63. The van der Waals surface area contributed by atoms with Crippen LogP contribution in [0.15, 0.2) is 30.3 Å². The van der Waals surface area contributed by atoms with Gasteiger partial charge in [0.05, 0.1) is 5.69 Å². The Hall–Kier alpha value is -1.90. The Morgan fingerprint density at radius 3 is 2.22 bits per heavy atom. The third-order valence-electron chi connectivity index (χ3n) is 3.03. The highest BCUT2D eigenvalue weighted by Crippen LogP contribution is 2.15. The third kappa shape index (κ3) is 2.35. The van der Waals surface area contributed by atoms with E-state index in [0.29, 0.717) is 11.5 Å². The molecule has 0 aliphatic carbocycles. The van der Waals surface area contributed by atoms with Gasteiger partial charge in [0.2, 0.25) is 0 Å². The number of aryl methyl sites for hydroxylation is 2. The molecule has 94 valence electrons. The number of carbonyl (C=O) groups is 1. The van der Waals surface area contributed by atoms with Crippen molar-refractivity contribution in [3.63, 3.8) is 0 Å². The molecule has 0 saturated carbocycles. The molecule has 1 aromatic heterocycles. The number of aromatic nitrogens is 2. The van der Waals surface area contributed by atoms with Crippen molar-refractivity contribution in [3.8, 4) is 0 Å². The fourth-order valence-electron chi connectivity index (χ4n) is 1.97. The average Bonchev–Trinajstić information content (AvgIpc) is 2.67. The smallest absolute Gasteiger partial charge is 0.267 e. The van der Waals surface area contributed by atoms with Crippen LogP contribution in [-0.2, 0) is 0 Å². The maximum absolute atomic E-state index is 12.3. The number of rotatable bonds is 2. The zero-order chi connectivity index (χ0) is 13.3. The van der Waals surface area contributed by atoms with E-state index >= 15 is 0 Å². The Labute approximate surface area is 107 Å². The highest BCUT2D eigenvalue weighted by atomic mass is 16.2. The van der Waals surface area contributed by atoms with Crippen LogP contribution in [0.25, 0.3) is 0 Å². The minimum absolute atomic E-state index is 0.0732. The Morgan fingerprint density at radius 1 is 1.17 bits per heavy atom. The molecule has 0 amide bonds. The van der Waals surface area contributed by atoms with Crippen molar-refractivity contribution in [1.29, 1.82) is 0 Å². The molecule has 2 aromatic rings. The fraction of sp³-hybridized carbons (Fsp3) is 0.333. The molecule has 3 heteroatoms. The van der Waals surface area contributed by atoms with Crippen molar-refractivity contribution in [2.45, 2.75) is 33.6 Å². The van der Waals surface area contributed by atoms with Gasteiger partial charge < -0.3 is 0 Å². The second-order valence-electron chi connectivity index (χ2n) is 4.92. The van der Waals surface area contributed by atoms with Gasteiger partial charge in [-0.1, -0.05) is 26.0 Å². The minimum Gasteiger partial charge on any atom is -0.267 e. The molecular formula is C15H18N2O. The number of benzene rings is 1. The Bertz CT molecular complexity index is 565. The summed E-state index contributed by atoms with van der Waals surface area (Å²) < 4.78 is 1.46. The molecule has 0 fully saturated rings. The van der Waals surface area contributed by atoms with Gasteiger partial charge in [0.25, 0.3) is 5.91 Å². The Morgan fingerprint density at radius 2 is 1.78 bits per heavy atom. The predicted octanol–water partition coefficient (Wildman–Crippen LogP) is 3.31. The number of nitrogens with zero attached hydrogens (tertiary/aromatic N) is 2. The Balaban J connectivity index is 2.32. The van der Waals surface area contributed by atoms with Gasteiger partial charge in [-0.25, -0.2) is 4.68 Å². The van der Waals surface area contributed by atoms with E-state index in [9.17, 15) is 4.79 Å². The van der Waals surface area contributed by atoms with Gasteiger partial charge in [-0.3, -0.25) is 4.79 Å². The Kier molecular flexibility index (Phi) is 3.32. The van der Waals surface area contributed by atoms with Crippen LogP contribution in [0.5, 0.6) is 0 Å². The molecule has 0 atom stereocenters. The topological polar surface area (TPSA) is 34.9 Å². The zero-order valence-corrected chi connectivity index (χ0v) is 11.3. The number of carbonyl (C=O) groups excluding carboxylic acids is 1. The number of hydrogen-bond donors (Lipinski definition) is 0. The first-order valence-corrected chi connectivity index (χ1v) is 6.17. The molecule has 0 saturated heterocycles. The normalized spacial score (nSPS) is 10.9. The molecular weight excluding hydrogens is 224 g/mol. The maximum Gasteiger partial charge on any atom is 0.278 e. The first kappa shape index (κ1) is 12.6. The molecule has 18 heavy (non-hydrogen) atoms. The van der Waals surface area contributed by atoms with E-state index in [1.54, 1.807) is 0 Å². The van der Waals surface area contributed by atoms with Crippen LogP contribution in [0.1, 0.15) is 47.1 Å². The summed E-state index contributed by atoms with van der Waals surface area (Å²) in [5.74, 6) is 0.402. The van der Waals surface area contributed by atoms with Gasteiger partial charge in [0.15, 0.2) is 0 Å². The summed E-state index contributed by atoms with van der Waals surface area (Å²) in [4.78, 5) is 12.3. The van der Waals surface area contributed by atoms with E-state index in [1.165, 1.54) is 10.2 Å². The van der Waals surface area contributed by atoms with Crippen LogP contribution in [0.4, 0.5) is 0 Å². The van der Waals surface area contributed by atoms with E-state index in [2.05, 4.69) is 18.9 Å². The minimum atomic E-state index is -0.0732. The van der Waals surface area contributed by atoms with Crippen LogP contribution in [0.2, 0.25) is 0 Å². The molecule has 3 nitrogen and oxygen atoms in total. The lowest BCUT2D eigenvalue weighted by Crippen LogP contribution is -2.15. The molecule has 0 N–H and O–H groups in total. The van der Waals surface area contributed by atoms with Crippen LogP contribution >= 0.6 is 0 Å². The molecule has 0 aliphatic rings. The van der Waals surface area contributed by atoms with E-state index in [4.69, 9.17) is 0 Å². The van der Waals surface area contributed by atoms with Crippen molar-refractivity contribution in [1.82, 2.24) is 9.78 Å². The van der Waals surface area contributed by atoms with E-state index in [-0.39, 0.29) is 5.91 Å². The van der Waals surface area contributed by atoms with Gasteiger partial charge in [0.1, 0.15) is 0 Å². The second-order valence-corrected chi connectivity index (χ2v) is 4.92. The molecule has 1 aromatic carbocycles. The lowest BCUT2D eigenvalue weighted by Gasteiger charge is -2.07. The summed E-state index contributed by atoms with van der Waals surface area (Å²) in [6, 6.07) is 9.65. The van der Waals surface area contributed by atoms with Crippen molar-refractivity contribution in [2.75, 3.05) is 0 Å². The summed E-state index contributed by atoms with van der Waals surface area (Å²) >= 11 is 0. The van der Waals surface area contributed by atoms with Crippen LogP contribution in [0, 0.1) is 13.8 Å². The average molecular weight is 242 g/mol. The van der Waals surface area contributed by atoms with Gasteiger partial charge in [0, 0.05) is 11.3 Å². The van der Waals surface area contributed by atoms with Gasteiger partial charge in [-0.15, -0.1) is 0 Å². The molecule has 0 radical (unpaired) electrons. The standard InChI is InChI=1S/C15H18N2O/c1-10(2)13-5-7-14(8-6-13)15(18)17-12(4)9-11(3)16-17/h5-10H,1-4H3. The van der Waals surface area contributed by atoms with E-state index in [1.807, 2.05) is 44.2 Å². The van der Waals surface area contributed by atoms with Gasteiger partial charge in [-0.05, 0) is 43.5 Å². The van der Waals surface area contributed by atoms with Gasteiger partial charge >= 0.3 is 0 Å². The SMILES string of the molecule is Cc1cc(C)n(C(=O)c2ccc(C(C)C)cc2)n1. The largest absolute Gasteiger partial charge is 0.278 e. The molecule has 0 bridgehead atoms.